The van der Waals surface area contributed by atoms with Gasteiger partial charge < -0.3 is 10.0 Å². The van der Waals surface area contributed by atoms with Gasteiger partial charge >= 0.3 is 5.97 Å². The molecule has 0 atom stereocenters. The fourth-order valence-corrected chi connectivity index (χ4v) is 1.95. The predicted octanol–water partition coefficient (Wildman–Crippen LogP) is 1.81. The number of nitrogens with zero attached hydrogens (tertiary/aromatic N) is 4. The Bertz CT molecular complexity index is 577. The second-order valence-electron chi connectivity index (χ2n) is 4.59. The van der Waals surface area contributed by atoms with Gasteiger partial charge in [-0.25, -0.2) is 9.48 Å². The number of hydrogen-bond donors (Lipinski definition) is 1. The van der Waals surface area contributed by atoms with Crippen molar-refractivity contribution in [1.82, 2.24) is 15.0 Å². The van der Waals surface area contributed by atoms with Gasteiger partial charge in [-0.3, -0.25) is 0 Å². The predicted molar refractivity (Wildman–Crippen MR) is 76.0 cm³/mol. The van der Waals surface area contributed by atoms with Crippen molar-refractivity contribution < 1.29 is 9.90 Å². The van der Waals surface area contributed by atoms with Crippen LogP contribution in [0.1, 0.15) is 23.0 Å². The number of aryl methyl sites for hydroxylation is 1. The minimum atomic E-state index is -1.05. The fraction of sp³-hybridized carbons (Fsp3) is 0.357. The molecule has 0 aliphatic carbocycles. The maximum absolute atomic E-state index is 10.7. The number of carboxylic acid groups (broad SMARTS) is 1. The third-order valence-corrected chi connectivity index (χ3v) is 3.14. The largest absolute Gasteiger partial charge is 0.476 e. The zero-order chi connectivity index (χ0) is 14.5. The highest BCUT2D eigenvalue weighted by Crippen LogP contribution is 2.14. The van der Waals surface area contributed by atoms with E-state index < -0.39 is 5.97 Å². The van der Waals surface area contributed by atoms with E-state index in [1.165, 1.54) is 11.8 Å². The van der Waals surface area contributed by atoms with E-state index >= 15 is 0 Å². The van der Waals surface area contributed by atoms with Gasteiger partial charge in [-0.1, -0.05) is 22.9 Å². The number of carboxylic acids is 1. The zero-order valence-corrected chi connectivity index (χ0v) is 11.7. The van der Waals surface area contributed by atoms with Crippen molar-refractivity contribution in [1.29, 1.82) is 0 Å². The van der Waals surface area contributed by atoms with Crippen LogP contribution in [0.25, 0.3) is 0 Å². The number of hydrogen-bond acceptors (Lipinski definition) is 4. The van der Waals surface area contributed by atoms with Crippen molar-refractivity contribution in [2.24, 2.45) is 0 Å². The molecule has 0 fully saturated rings. The molecular formula is C14H18N4O2. The van der Waals surface area contributed by atoms with Crippen molar-refractivity contribution in [3.05, 3.63) is 41.7 Å². The first-order valence-electron chi connectivity index (χ1n) is 6.55. The van der Waals surface area contributed by atoms with Crippen LogP contribution in [0.5, 0.6) is 0 Å². The van der Waals surface area contributed by atoms with E-state index in [1.54, 1.807) is 4.68 Å². The van der Waals surface area contributed by atoms with Gasteiger partial charge in [0.05, 0.1) is 12.7 Å². The topological polar surface area (TPSA) is 71.2 Å². The van der Waals surface area contributed by atoms with Crippen LogP contribution in [-0.4, -0.2) is 39.2 Å². The molecule has 1 aromatic carbocycles. The van der Waals surface area contributed by atoms with E-state index in [-0.39, 0.29) is 5.69 Å². The number of anilines is 1. The second-order valence-corrected chi connectivity index (χ2v) is 4.59. The quantitative estimate of drug-likeness (QED) is 0.869. The number of rotatable bonds is 6. The molecule has 0 bridgehead atoms. The molecule has 106 valence electrons. The van der Waals surface area contributed by atoms with E-state index in [0.717, 1.165) is 18.8 Å². The SMILES string of the molecule is CCN(CCn1cc(C(=O)O)nn1)c1ccc(C)cc1. The molecule has 6 nitrogen and oxygen atoms in total. The molecule has 0 unspecified atom stereocenters. The van der Waals surface area contributed by atoms with E-state index in [0.29, 0.717) is 6.54 Å². The van der Waals surface area contributed by atoms with Crippen molar-refractivity contribution in [3.63, 3.8) is 0 Å². The molecule has 1 aromatic heterocycles. The average Bonchev–Trinajstić information content (AvgIpc) is 2.90. The number of carbonyl (C=O) groups is 1. The normalized spacial score (nSPS) is 10.5. The first-order chi connectivity index (χ1) is 9.60. The third kappa shape index (κ3) is 3.34. The van der Waals surface area contributed by atoms with Gasteiger partial charge in [0, 0.05) is 18.8 Å². The van der Waals surface area contributed by atoms with E-state index in [9.17, 15) is 4.79 Å². The fourth-order valence-electron chi connectivity index (χ4n) is 1.95. The van der Waals surface area contributed by atoms with Gasteiger partial charge in [-0.2, -0.15) is 0 Å². The summed E-state index contributed by atoms with van der Waals surface area (Å²) in [5.41, 5.74) is 2.35. The first-order valence-corrected chi connectivity index (χ1v) is 6.55. The Morgan fingerprint density at radius 1 is 1.35 bits per heavy atom. The van der Waals surface area contributed by atoms with E-state index in [4.69, 9.17) is 5.11 Å². The lowest BCUT2D eigenvalue weighted by atomic mass is 10.2. The Hall–Kier alpha value is -2.37. The smallest absolute Gasteiger partial charge is 0.358 e. The van der Waals surface area contributed by atoms with Crippen LogP contribution in [0, 0.1) is 6.92 Å². The molecule has 1 heterocycles. The lowest BCUT2D eigenvalue weighted by Crippen LogP contribution is -2.27. The summed E-state index contributed by atoms with van der Waals surface area (Å²) in [4.78, 5) is 12.9. The number of aromatic carboxylic acids is 1. The molecule has 0 aliphatic rings. The maximum atomic E-state index is 10.7. The van der Waals surface area contributed by atoms with Crippen LogP contribution in [0.2, 0.25) is 0 Å². The van der Waals surface area contributed by atoms with E-state index in [2.05, 4.69) is 53.3 Å². The molecule has 0 aliphatic heterocycles. The molecule has 2 aromatic rings. The summed E-state index contributed by atoms with van der Waals surface area (Å²) in [6.07, 6.45) is 1.45. The zero-order valence-electron chi connectivity index (χ0n) is 11.7. The van der Waals surface area contributed by atoms with Crippen LogP contribution in [-0.2, 0) is 6.54 Å². The van der Waals surface area contributed by atoms with E-state index in [1.807, 2.05) is 0 Å². The molecular weight excluding hydrogens is 256 g/mol. The summed E-state index contributed by atoms with van der Waals surface area (Å²) in [5, 5.41) is 16.2. The number of likely N-dealkylation sites (N-methyl/N-ethyl adjacent to an activating group) is 1. The van der Waals surface area contributed by atoms with Crippen LogP contribution < -0.4 is 4.90 Å². The minimum absolute atomic E-state index is 0.0246. The van der Waals surface area contributed by atoms with Crippen LogP contribution >= 0.6 is 0 Å². The van der Waals surface area contributed by atoms with Gasteiger partial charge in [0.2, 0.25) is 0 Å². The first kappa shape index (κ1) is 14.0. The molecule has 20 heavy (non-hydrogen) atoms. The molecule has 0 spiro atoms. The number of aromatic nitrogens is 3. The highest BCUT2D eigenvalue weighted by molar-refractivity contribution is 5.84. The Kier molecular flexibility index (Phi) is 4.34. The van der Waals surface area contributed by atoms with Gasteiger partial charge in [-0.15, -0.1) is 5.10 Å². The summed E-state index contributed by atoms with van der Waals surface area (Å²) in [5.74, 6) is -1.05. The number of benzene rings is 1. The monoisotopic (exact) mass is 274 g/mol. The van der Waals surface area contributed by atoms with Gasteiger partial charge in [0.15, 0.2) is 5.69 Å². The molecule has 0 saturated heterocycles. The summed E-state index contributed by atoms with van der Waals surface area (Å²) in [7, 11) is 0. The van der Waals surface area contributed by atoms with Crippen molar-refractivity contribution in [3.8, 4) is 0 Å². The lowest BCUT2D eigenvalue weighted by Gasteiger charge is -2.23. The Labute approximate surface area is 117 Å². The summed E-state index contributed by atoms with van der Waals surface area (Å²) in [6.45, 7) is 6.38. The summed E-state index contributed by atoms with van der Waals surface area (Å²) in [6, 6.07) is 8.33. The highest BCUT2D eigenvalue weighted by Gasteiger charge is 2.09. The highest BCUT2D eigenvalue weighted by atomic mass is 16.4. The summed E-state index contributed by atoms with van der Waals surface area (Å²) < 4.78 is 1.56. The molecule has 1 N–H and O–H groups in total. The van der Waals surface area contributed by atoms with Gasteiger partial charge in [0.25, 0.3) is 0 Å². The molecule has 0 amide bonds. The van der Waals surface area contributed by atoms with Crippen LogP contribution in [0.15, 0.2) is 30.5 Å². The maximum Gasteiger partial charge on any atom is 0.358 e. The Morgan fingerprint density at radius 2 is 2.05 bits per heavy atom. The Balaban J connectivity index is 1.99. The third-order valence-electron chi connectivity index (χ3n) is 3.14. The second kappa shape index (κ2) is 6.18. The molecule has 0 radical (unpaired) electrons. The lowest BCUT2D eigenvalue weighted by molar-refractivity contribution is 0.0690. The summed E-state index contributed by atoms with van der Waals surface area (Å²) >= 11 is 0. The van der Waals surface area contributed by atoms with Crippen molar-refractivity contribution >= 4 is 11.7 Å². The molecule has 2 rings (SSSR count). The van der Waals surface area contributed by atoms with Crippen LogP contribution in [0.3, 0.4) is 0 Å². The standard InChI is InChI=1S/C14H18N4O2/c1-3-17(12-6-4-11(2)5-7-12)8-9-18-10-13(14(19)20)15-16-18/h4-7,10H,3,8-9H2,1-2H3,(H,19,20). The Morgan fingerprint density at radius 3 is 2.60 bits per heavy atom. The van der Waals surface area contributed by atoms with Crippen molar-refractivity contribution in [2.75, 3.05) is 18.0 Å². The van der Waals surface area contributed by atoms with Crippen LogP contribution in [0.4, 0.5) is 5.69 Å². The molecule has 6 heteroatoms. The minimum Gasteiger partial charge on any atom is -0.476 e. The van der Waals surface area contributed by atoms with Gasteiger partial charge in [-0.05, 0) is 26.0 Å². The molecule has 0 saturated carbocycles. The van der Waals surface area contributed by atoms with Crippen molar-refractivity contribution in [2.45, 2.75) is 20.4 Å². The van der Waals surface area contributed by atoms with Gasteiger partial charge in [0.1, 0.15) is 0 Å². The average molecular weight is 274 g/mol.